The Hall–Kier alpha value is -1.84. The molecule has 1 atom stereocenters. The van der Waals surface area contributed by atoms with Gasteiger partial charge in [-0.2, -0.15) is 0 Å². The van der Waals surface area contributed by atoms with Gasteiger partial charge in [-0.3, -0.25) is 4.79 Å². The summed E-state index contributed by atoms with van der Waals surface area (Å²) in [7, 11) is 0. The van der Waals surface area contributed by atoms with Crippen LogP contribution in [0.5, 0.6) is 0 Å². The number of rotatable bonds is 4. The molecule has 0 heterocycles. The van der Waals surface area contributed by atoms with E-state index in [1.54, 1.807) is 0 Å². The van der Waals surface area contributed by atoms with Crippen LogP contribution in [-0.4, -0.2) is 22.5 Å². The molecular weight excluding hydrogens is 254 g/mol. The minimum Gasteiger partial charge on any atom is -0.480 e. The highest BCUT2D eigenvalue weighted by Gasteiger charge is 2.30. The van der Waals surface area contributed by atoms with Gasteiger partial charge in [0.25, 0.3) is 0 Å². The van der Waals surface area contributed by atoms with Gasteiger partial charge in [-0.15, -0.1) is 0 Å². The van der Waals surface area contributed by atoms with Crippen LogP contribution < -0.4 is 5.32 Å². The molecule has 0 fully saturated rings. The van der Waals surface area contributed by atoms with Gasteiger partial charge in [0, 0.05) is 6.42 Å². The summed E-state index contributed by atoms with van der Waals surface area (Å²) in [6, 6.07) is 8.32. The zero-order valence-electron chi connectivity index (χ0n) is 12.0. The highest BCUT2D eigenvalue weighted by molar-refractivity contribution is 5.86. The molecule has 0 aromatic heterocycles. The fourth-order valence-electron chi connectivity index (χ4n) is 2.66. The second-order valence-electron chi connectivity index (χ2n) is 6.06. The normalized spacial score (nSPS) is 18.2. The molecule has 4 nitrogen and oxygen atoms in total. The fourth-order valence-corrected chi connectivity index (χ4v) is 2.66. The van der Waals surface area contributed by atoms with Gasteiger partial charge in [0.05, 0.1) is 0 Å². The third kappa shape index (κ3) is 3.38. The maximum atomic E-state index is 12.0. The molecule has 4 heteroatoms. The maximum absolute atomic E-state index is 12.0. The molecule has 0 spiro atoms. The second-order valence-corrected chi connectivity index (χ2v) is 6.06. The largest absolute Gasteiger partial charge is 0.480 e. The Morgan fingerprint density at radius 1 is 1.30 bits per heavy atom. The Morgan fingerprint density at radius 3 is 2.60 bits per heavy atom. The molecule has 0 aliphatic heterocycles. The fraction of sp³-hybridized carbons (Fsp3) is 0.500. The number of aryl methyl sites for hydroxylation is 1. The number of hydrogen-bond donors (Lipinski definition) is 2. The summed E-state index contributed by atoms with van der Waals surface area (Å²) < 4.78 is 0. The summed E-state index contributed by atoms with van der Waals surface area (Å²) in [5.74, 6) is -0.892. The molecule has 1 amide bonds. The topological polar surface area (TPSA) is 66.4 Å². The minimum absolute atomic E-state index is 0.179. The van der Waals surface area contributed by atoms with Crippen molar-refractivity contribution in [3.63, 3.8) is 0 Å². The van der Waals surface area contributed by atoms with E-state index in [0.29, 0.717) is 12.3 Å². The first-order chi connectivity index (χ1) is 9.38. The SMILES string of the molecule is CC(C)(NC(=O)CC1CCc2ccccc2C1)C(=O)O. The molecule has 1 aromatic carbocycles. The van der Waals surface area contributed by atoms with Crippen molar-refractivity contribution in [1.82, 2.24) is 5.32 Å². The Kier molecular flexibility index (Phi) is 4.12. The van der Waals surface area contributed by atoms with Crippen LogP contribution in [0.25, 0.3) is 0 Å². The smallest absolute Gasteiger partial charge is 0.328 e. The average molecular weight is 275 g/mol. The lowest BCUT2D eigenvalue weighted by Crippen LogP contribution is -2.50. The van der Waals surface area contributed by atoms with Crippen LogP contribution in [0.3, 0.4) is 0 Å². The summed E-state index contributed by atoms with van der Waals surface area (Å²) in [5, 5.41) is 11.6. The molecule has 108 valence electrons. The molecule has 1 aliphatic carbocycles. The Labute approximate surface area is 119 Å². The van der Waals surface area contributed by atoms with E-state index in [4.69, 9.17) is 5.11 Å². The minimum atomic E-state index is -1.20. The van der Waals surface area contributed by atoms with Crippen LogP contribution in [0.4, 0.5) is 0 Å². The van der Waals surface area contributed by atoms with Gasteiger partial charge in [-0.1, -0.05) is 24.3 Å². The van der Waals surface area contributed by atoms with Crippen LogP contribution >= 0.6 is 0 Å². The van der Waals surface area contributed by atoms with Gasteiger partial charge in [-0.05, 0) is 50.2 Å². The van der Waals surface area contributed by atoms with E-state index in [1.165, 1.54) is 25.0 Å². The van der Waals surface area contributed by atoms with E-state index < -0.39 is 11.5 Å². The molecule has 1 unspecified atom stereocenters. The van der Waals surface area contributed by atoms with Gasteiger partial charge in [0.15, 0.2) is 0 Å². The van der Waals surface area contributed by atoms with Gasteiger partial charge in [0.2, 0.25) is 5.91 Å². The lowest BCUT2D eigenvalue weighted by molar-refractivity contribution is -0.146. The zero-order chi connectivity index (χ0) is 14.8. The molecule has 0 bridgehead atoms. The number of hydrogen-bond acceptors (Lipinski definition) is 2. The molecule has 0 saturated carbocycles. The van der Waals surface area contributed by atoms with Crippen LogP contribution in [-0.2, 0) is 22.4 Å². The molecule has 2 N–H and O–H groups in total. The summed E-state index contributed by atoms with van der Waals surface area (Å²) in [4.78, 5) is 23.0. The van der Waals surface area contributed by atoms with Crippen molar-refractivity contribution in [2.45, 2.75) is 45.1 Å². The van der Waals surface area contributed by atoms with E-state index in [1.807, 2.05) is 12.1 Å². The quantitative estimate of drug-likeness (QED) is 0.885. The first-order valence-electron chi connectivity index (χ1n) is 6.99. The van der Waals surface area contributed by atoms with Crippen molar-refractivity contribution in [1.29, 1.82) is 0 Å². The first kappa shape index (κ1) is 14.6. The number of nitrogens with one attached hydrogen (secondary N) is 1. The van der Waals surface area contributed by atoms with Crippen molar-refractivity contribution in [3.05, 3.63) is 35.4 Å². The Bertz CT molecular complexity index is 522. The number of amides is 1. The van der Waals surface area contributed by atoms with Crippen LogP contribution in [0.15, 0.2) is 24.3 Å². The van der Waals surface area contributed by atoms with Gasteiger partial charge >= 0.3 is 5.97 Å². The molecule has 1 aliphatic rings. The third-order valence-electron chi connectivity index (χ3n) is 3.91. The van der Waals surface area contributed by atoms with Gasteiger partial charge < -0.3 is 10.4 Å². The molecule has 20 heavy (non-hydrogen) atoms. The summed E-state index contributed by atoms with van der Waals surface area (Å²) >= 11 is 0. The Balaban J connectivity index is 1.92. The number of carbonyl (C=O) groups is 2. The van der Waals surface area contributed by atoms with Crippen LogP contribution in [0, 0.1) is 5.92 Å². The second kappa shape index (κ2) is 5.65. The molecule has 0 saturated heterocycles. The van der Waals surface area contributed by atoms with Crippen molar-refractivity contribution >= 4 is 11.9 Å². The van der Waals surface area contributed by atoms with Crippen LogP contribution in [0.2, 0.25) is 0 Å². The standard InChI is InChI=1S/C16H21NO3/c1-16(2,15(19)20)17-14(18)10-11-7-8-12-5-3-4-6-13(12)9-11/h3-6,11H,7-10H2,1-2H3,(H,17,18)(H,19,20). The van der Waals surface area contributed by atoms with E-state index in [-0.39, 0.29) is 5.91 Å². The summed E-state index contributed by atoms with van der Waals surface area (Å²) in [6.45, 7) is 3.01. The van der Waals surface area contributed by atoms with Crippen molar-refractivity contribution < 1.29 is 14.7 Å². The van der Waals surface area contributed by atoms with E-state index in [9.17, 15) is 9.59 Å². The summed E-state index contributed by atoms with van der Waals surface area (Å²) in [5.41, 5.74) is 1.48. The molecular formula is C16H21NO3. The van der Waals surface area contributed by atoms with E-state index >= 15 is 0 Å². The average Bonchev–Trinajstić information content (AvgIpc) is 2.37. The highest BCUT2D eigenvalue weighted by Crippen LogP contribution is 2.27. The maximum Gasteiger partial charge on any atom is 0.328 e. The van der Waals surface area contributed by atoms with Crippen LogP contribution in [0.1, 0.15) is 37.8 Å². The number of carboxylic acid groups (broad SMARTS) is 1. The molecule has 0 radical (unpaired) electrons. The zero-order valence-corrected chi connectivity index (χ0v) is 12.0. The summed E-state index contributed by atoms with van der Waals surface area (Å²) in [6.07, 6.45) is 3.27. The molecule has 2 rings (SSSR count). The van der Waals surface area contributed by atoms with Gasteiger partial charge in [0.1, 0.15) is 5.54 Å². The number of aliphatic carboxylic acids is 1. The lowest BCUT2D eigenvalue weighted by Gasteiger charge is -2.26. The predicted octanol–water partition coefficient (Wildman–Crippen LogP) is 2.16. The lowest BCUT2D eigenvalue weighted by atomic mass is 9.82. The highest BCUT2D eigenvalue weighted by atomic mass is 16.4. The first-order valence-corrected chi connectivity index (χ1v) is 6.99. The van der Waals surface area contributed by atoms with E-state index in [2.05, 4.69) is 17.4 Å². The third-order valence-corrected chi connectivity index (χ3v) is 3.91. The van der Waals surface area contributed by atoms with Crippen molar-refractivity contribution in [2.75, 3.05) is 0 Å². The van der Waals surface area contributed by atoms with Crippen molar-refractivity contribution in [3.8, 4) is 0 Å². The molecule has 1 aromatic rings. The monoisotopic (exact) mass is 275 g/mol. The number of benzene rings is 1. The van der Waals surface area contributed by atoms with Gasteiger partial charge in [-0.25, -0.2) is 4.79 Å². The number of carbonyl (C=O) groups excluding carboxylic acids is 1. The van der Waals surface area contributed by atoms with E-state index in [0.717, 1.165) is 19.3 Å². The van der Waals surface area contributed by atoms with Crippen molar-refractivity contribution in [2.24, 2.45) is 5.92 Å². The predicted molar refractivity (Wildman–Crippen MR) is 76.4 cm³/mol. The number of fused-ring (bicyclic) bond motifs is 1. The Morgan fingerprint density at radius 2 is 1.95 bits per heavy atom. The number of carboxylic acids is 1.